The molecule has 0 unspecified atom stereocenters. The van der Waals surface area contributed by atoms with Crippen LogP contribution in [0, 0.1) is 25.2 Å². The molecule has 0 N–H and O–H groups in total. The molecular weight excluding hydrogens is 286 g/mol. The Kier molecular flexibility index (Phi) is 5.34. The van der Waals surface area contributed by atoms with E-state index in [-0.39, 0.29) is 5.41 Å². The third-order valence-electron chi connectivity index (χ3n) is 3.71. The Morgan fingerprint density at radius 2 is 1.74 bits per heavy atom. The number of nitrogens with zero attached hydrogens (tertiary/aromatic N) is 3. The van der Waals surface area contributed by atoms with Crippen molar-refractivity contribution >= 4 is 0 Å². The van der Waals surface area contributed by atoms with Gasteiger partial charge in [-0.25, -0.2) is 9.97 Å². The lowest BCUT2D eigenvalue weighted by Crippen LogP contribution is -2.23. The molecule has 0 bridgehead atoms. The van der Waals surface area contributed by atoms with Crippen molar-refractivity contribution in [2.24, 2.45) is 11.3 Å². The second kappa shape index (κ2) is 7.07. The van der Waals surface area contributed by atoms with Crippen LogP contribution in [0.25, 0.3) is 11.4 Å². The van der Waals surface area contributed by atoms with Gasteiger partial charge in [0.2, 0.25) is 0 Å². The summed E-state index contributed by atoms with van der Waals surface area (Å²) in [4.78, 5) is 12.9. The standard InChI is InChI=1S/C19H27N3O/c1-13(2)9-19(5,6)11-23-18-10-20-16(7-14(18)3)17-8-15(4)21-12-22-17/h7-8,10,12-13H,9,11H2,1-6H3. The Hall–Kier alpha value is -1.97. The number of aryl methyl sites for hydroxylation is 2. The minimum Gasteiger partial charge on any atom is -0.491 e. The fraction of sp³-hybridized carbons (Fsp3) is 0.526. The number of hydrogen-bond donors (Lipinski definition) is 0. The number of pyridine rings is 1. The van der Waals surface area contributed by atoms with E-state index in [9.17, 15) is 0 Å². The van der Waals surface area contributed by atoms with E-state index in [0.717, 1.165) is 34.8 Å². The van der Waals surface area contributed by atoms with Crippen molar-refractivity contribution in [3.05, 3.63) is 35.9 Å². The highest BCUT2D eigenvalue weighted by Gasteiger charge is 2.21. The van der Waals surface area contributed by atoms with Gasteiger partial charge >= 0.3 is 0 Å². The molecule has 0 aliphatic carbocycles. The summed E-state index contributed by atoms with van der Waals surface area (Å²) in [6.45, 7) is 13.7. The summed E-state index contributed by atoms with van der Waals surface area (Å²) < 4.78 is 6.02. The lowest BCUT2D eigenvalue weighted by Gasteiger charge is -2.27. The fourth-order valence-corrected chi connectivity index (χ4v) is 2.87. The molecule has 124 valence electrons. The Morgan fingerprint density at radius 3 is 2.35 bits per heavy atom. The predicted octanol–water partition coefficient (Wildman–Crippen LogP) is 4.61. The van der Waals surface area contributed by atoms with Crippen molar-refractivity contribution in [3.8, 4) is 17.1 Å². The van der Waals surface area contributed by atoms with Gasteiger partial charge in [0.1, 0.15) is 12.1 Å². The molecule has 2 rings (SSSR count). The summed E-state index contributed by atoms with van der Waals surface area (Å²) in [5.41, 5.74) is 3.86. The van der Waals surface area contributed by atoms with Crippen LogP contribution in [-0.4, -0.2) is 21.6 Å². The van der Waals surface area contributed by atoms with E-state index in [4.69, 9.17) is 4.74 Å². The molecule has 0 aliphatic heterocycles. The maximum absolute atomic E-state index is 6.02. The van der Waals surface area contributed by atoms with Gasteiger partial charge < -0.3 is 4.74 Å². The first-order valence-corrected chi connectivity index (χ1v) is 8.15. The molecule has 0 amide bonds. The number of aromatic nitrogens is 3. The van der Waals surface area contributed by atoms with Crippen molar-refractivity contribution in [1.82, 2.24) is 15.0 Å². The number of rotatable bonds is 6. The second-order valence-corrected chi connectivity index (χ2v) is 7.43. The SMILES string of the molecule is Cc1cc(-c2cc(C)c(OCC(C)(C)CC(C)C)cn2)ncn1. The highest BCUT2D eigenvalue weighted by atomic mass is 16.5. The van der Waals surface area contributed by atoms with Crippen LogP contribution in [0.3, 0.4) is 0 Å². The van der Waals surface area contributed by atoms with Gasteiger partial charge in [-0.3, -0.25) is 4.98 Å². The van der Waals surface area contributed by atoms with Crippen molar-refractivity contribution in [2.45, 2.75) is 48.0 Å². The molecule has 0 spiro atoms. The van der Waals surface area contributed by atoms with Crippen LogP contribution in [0.1, 0.15) is 45.4 Å². The van der Waals surface area contributed by atoms with Crippen molar-refractivity contribution < 1.29 is 4.74 Å². The van der Waals surface area contributed by atoms with Crippen LogP contribution < -0.4 is 4.74 Å². The van der Waals surface area contributed by atoms with Crippen molar-refractivity contribution in [3.63, 3.8) is 0 Å². The van der Waals surface area contributed by atoms with E-state index in [2.05, 4.69) is 42.6 Å². The zero-order valence-electron chi connectivity index (χ0n) is 15.1. The molecule has 0 aromatic carbocycles. The molecule has 23 heavy (non-hydrogen) atoms. The molecule has 2 aromatic heterocycles. The minimum absolute atomic E-state index is 0.156. The highest BCUT2D eigenvalue weighted by molar-refractivity contribution is 5.56. The predicted molar refractivity (Wildman–Crippen MR) is 93.5 cm³/mol. The number of ether oxygens (including phenoxy) is 1. The first kappa shape index (κ1) is 17.4. The fourth-order valence-electron chi connectivity index (χ4n) is 2.87. The third-order valence-corrected chi connectivity index (χ3v) is 3.71. The van der Waals surface area contributed by atoms with Gasteiger partial charge in [-0.05, 0) is 49.3 Å². The maximum atomic E-state index is 6.02. The third kappa shape index (κ3) is 5.02. The first-order chi connectivity index (χ1) is 10.8. The first-order valence-electron chi connectivity index (χ1n) is 8.15. The Balaban J connectivity index is 2.11. The molecule has 0 aliphatic rings. The molecule has 4 heteroatoms. The summed E-state index contributed by atoms with van der Waals surface area (Å²) in [5, 5.41) is 0. The summed E-state index contributed by atoms with van der Waals surface area (Å²) in [6, 6.07) is 3.96. The van der Waals surface area contributed by atoms with Gasteiger partial charge in [0.25, 0.3) is 0 Å². The molecule has 2 heterocycles. The minimum atomic E-state index is 0.156. The van der Waals surface area contributed by atoms with Gasteiger partial charge in [-0.2, -0.15) is 0 Å². The highest BCUT2D eigenvalue weighted by Crippen LogP contribution is 2.28. The van der Waals surface area contributed by atoms with Crippen LogP contribution >= 0.6 is 0 Å². The van der Waals surface area contributed by atoms with E-state index in [1.54, 1.807) is 12.5 Å². The van der Waals surface area contributed by atoms with Crippen molar-refractivity contribution in [1.29, 1.82) is 0 Å². The van der Waals surface area contributed by atoms with Crippen LogP contribution in [0.5, 0.6) is 5.75 Å². The van der Waals surface area contributed by atoms with E-state index in [1.165, 1.54) is 0 Å². The van der Waals surface area contributed by atoms with Gasteiger partial charge in [0.05, 0.1) is 24.2 Å². The molecule has 0 atom stereocenters. The molecular formula is C19H27N3O. The average Bonchev–Trinajstić information content (AvgIpc) is 2.44. The quantitative estimate of drug-likeness (QED) is 0.781. The molecule has 0 fully saturated rings. The van der Waals surface area contributed by atoms with E-state index < -0.39 is 0 Å². The van der Waals surface area contributed by atoms with E-state index >= 15 is 0 Å². The lowest BCUT2D eigenvalue weighted by molar-refractivity contribution is 0.153. The molecule has 0 saturated carbocycles. The van der Waals surface area contributed by atoms with Gasteiger partial charge in [0, 0.05) is 5.69 Å². The number of hydrogen-bond acceptors (Lipinski definition) is 4. The van der Waals surface area contributed by atoms with E-state index in [1.807, 2.05) is 26.0 Å². The lowest BCUT2D eigenvalue weighted by atomic mass is 9.85. The van der Waals surface area contributed by atoms with Gasteiger partial charge in [0.15, 0.2) is 0 Å². The van der Waals surface area contributed by atoms with Crippen LogP contribution in [0.4, 0.5) is 0 Å². The summed E-state index contributed by atoms with van der Waals surface area (Å²) in [7, 11) is 0. The summed E-state index contributed by atoms with van der Waals surface area (Å²) in [5.74, 6) is 1.51. The average molecular weight is 313 g/mol. The molecule has 4 nitrogen and oxygen atoms in total. The molecule has 0 saturated heterocycles. The zero-order chi connectivity index (χ0) is 17.0. The van der Waals surface area contributed by atoms with E-state index in [0.29, 0.717) is 12.5 Å². The normalized spacial score (nSPS) is 11.8. The van der Waals surface area contributed by atoms with Crippen LogP contribution in [-0.2, 0) is 0 Å². The summed E-state index contributed by atoms with van der Waals surface area (Å²) >= 11 is 0. The van der Waals surface area contributed by atoms with Gasteiger partial charge in [-0.1, -0.05) is 27.7 Å². The largest absolute Gasteiger partial charge is 0.491 e. The van der Waals surface area contributed by atoms with Crippen LogP contribution in [0.2, 0.25) is 0 Å². The van der Waals surface area contributed by atoms with Gasteiger partial charge in [-0.15, -0.1) is 0 Å². The zero-order valence-corrected chi connectivity index (χ0v) is 15.1. The van der Waals surface area contributed by atoms with Crippen molar-refractivity contribution in [2.75, 3.05) is 6.61 Å². The molecule has 2 aromatic rings. The Labute approximate surface area is 139 Å². The summed E-state index contributed by atoms with van der Waals surface area (Å²) in [6.07, 6.45) is 4.51. The second-order valence-electron chi connectivity index (χ2n) is 7.43. The molecule has 0 radical (unpaired) electrons. The van der Waals surface area contributed by atoms with Crippen LogP contribution in [0.15, 0.2) is 24.7 Å². The monoisotopic (exact) mass is 313 g/mol. The maximum Gasteiger partial charge on any atom is 0.140 e. The smallest absolute Gasteiger partial charge is 0.140 e. The topological polar surface area (TPSA) is 47.9 Å². The Morgan fingerprint density at radius 1 is 1.04 bits per heavy atom. The Bertz CT molecular complexity index is 665.